The minimum atomic E-state index is -0.703. The molecule has 5 rings (SSSR count). The molecular weight excluding hydrogens is 460 g/mol. The lowest BCUT2D eigenvalue weighted by Gasteiger charge is -2.32. The summed E-state index contributed by atoms with van der Waals surface area (Å²) in [5.41, 5.74) is 2.11. The highest BCUT2D eigenvalue weighted by molar-refractivity contribution is 6.07. The summed E-state index contributed by atoms with van der Waals surface area (Å²) in [7, 11) is 1.72. The van der Waals surface area contributed by atoms with Crippen molar-refractivity contribution in [1.29, 1.82) is 0 Å². The van der Waals surface area contributed by atoms with E-state index in [1.807, 2.05) is 6.92 Å². The van der Waals surface area contributed by atoms with Crippen molar-refractivity contribution in [2.75, 3.05) is 23.8 Å². The molecule has 1 saturated carbocycles. The molecule has 10 heteroatoms. The largest absolute Gasteiger partial charge is 0.381 e. The molecule has 4 heterocycles. The van der Waals surface area contributed by atoms with Crippen LogP contribution in [0.4, 0.5) is 11.5 Å². The number of pyridine rings is 1. The number of fused-ring (bicyclic) bond motifs is 2. The second-order valence-electron chi connectivity index (χ2n) is 10.5. The SMILES string of the molecule is Cc1cnn(C)c1C(=O)NC(C(=O)Nc1cc2c(cn1)C1(CCOCC1)C(=O)N2)C1CCC(C)CC1. The van der Waals surface area contributed by atoms with E-state index in [4.69, 9.17) is 4.74 Å². The number of nitrogens with zero attached hydrogens (tertiary/aromatic N) is 3. The third-order valence-electron chi connectivity index (χ3n) is 8.14. The summed E-state index contributed by atoms with van der Waals surface area (Å²) < 4.78 is 6.99. The summed E-state index contributed by atoms with van der Waals surface area (Å²) in [6.45, 7) is 5.11. The first kappa shape index (κ1) is 24.4. The molecule has 1 atom stereocenters. The third-order valence-corrected chi connectivity index (χ3v) is 8.14. The van der Waals surface area contributed by atoms with E-state index < -0.39 is 11.5 Å². The first-order valence-electron chi connectivity index (χ1n) is 12.8. The topological polar surface area (TPSA) is 127 Å². The molecule has 3 amide bonds. The number of amides is 3. The molecule has 0 aromatic carbocycles. The van der Waals surface area contributed by atoms with Crippen LogP contribution in [0.15, 0.2) is 18.5 Å². The van der Waals surface area contributed by atoms with Gasteiger partial charge in [-0.05, 0) is 50.0 Å². The predicted octanol–water partition coefficient (Wildman–Crippen LogP) is 2.69. The van der Waals surface area contributed by atoms with Crippen molar-refractivity contribution >= 4 is 29.2 Å². The molecule has 2 aromatic rings. The van der Waals surface area contributed by atoms with Gasteiger partial charge in [0.2, 0.25) is 11.8 Å². The van der Waals surface area contributed by atoms with Gasteiger partial charge < -0.3 is 20.7 Å². The normalized spacial score (nSPS) is 23.6. The van der Waals surface area contributed by atoms with Gasteiger partial charge in [0.05, 0.1) is 17.3 Å². The van der Waals surface area contributed by atoms with Crippen LogP contribution in [0.1, 0.15) is 67.1 Å². The van der Waals surface area contributed by atoms with E-state index in [2.05, 4.69) is 33.0 Å². The maximum absolute atomic E-state index is 13.5. The smallest absolute Gasteiger partial charge is 0.270 e. The fraction of sp³-hybridized carbons (Fsp3) is 0.577. The molecule has 1 aliphatic carbocycles. The van der Waals surface area contributed by atoms with Crippen molar-refractivity contribution in [2.24, 2.45) is 18.9 Å². The first-order chi connectivity index (χ1) is 17.3. The molecular formula is C26H34N6O4. The fourth-order valence-corrected chi connectivity index (χ4v) is 5.89. The second-order valence-corrected chi connectivity index (χ2v) is 10.5. The van der Waals surface area contributed by atoms with Gasteiger partial charge in [0.15, 0.2) is 0 Å². The molecule has 1 spiro atoms. The lowest BCUT2D eigenvalue weighted by molar-refractivity contribution is -0.124. The monoisotopic (exact) mass is 494 g/mol. The van der Waals surface area contributed by atoms with Crippen LogP contribution < -0.4 is 16.0 Å². The Labute approximate surface area is 210 Å². The molecule has 3 aliphatic rings. The number of hydrogen-bond acceptors (Lipinski definition) is 6. The molecule has 0 bridgehead atoms. The highest BCUT2D eigenvalue weighted by Gasteiger charge is 2.48. The molecule has 0 radical (unpaired) electrons. The number of aromatic nitrogens is 3. The summed E-state index contributed by atoms with van der Waals surface area (Å²) in [4.78, 5) is 44.0. The second kappa shape index (κ2) is 9.65. The Hall–Kier alpha value is -3.27. The molecule has 10 nitrogen and oxygen atoms in total. The molecule has 2 aliphatic heterocycles. The van der Waals surface area contributed by atoms with Crippen LogP contribution in [0.2, 0.25) is 0 Å². The van der Waals surface area contributed by atoms with Crippen molar-refractivity contribution in [1.82, 2.24) is 20.1 Å². The highest BCUT2D eigenvalue weighted by atomic mass is 16.5. The molecule has 192 valence electrons. The molecule has 1 unspecified atom stereocenters. The van der Waals surface area contributed by atoms with Gasteiger partial charge in [0.25, 0.3) is 5.91 Å². The average molecular weight is 495 g/mol. The number of nitrogens with one attached hydrogen (secondary N) is 3. The number of carbonyl (C=O) groups is 3. The lowest BCUT2D eigenvalue weighted by atomic mass is 9.76. The summed E-state index contributed by atoms with van der Waals surface area (Å²) in [6, 6.07) is 1.01. The van der Waals surface area contributed by atoms with E-state index in [-0.39, 0.29) is 23.6 Å². The summed E-state index contributed by atoms with van der Waals surface area (Å²) >= 11 is 0. The zero-order valence-corrected chi connectivity index (χ0v) is 21.1. The van der Waals surface area contributed by atoms with Crippen LogP contribution in [0.5, 0.6) is 0 Å². The minimum Gasteiger partial charge on any atom is -0.381 e. The predicted molar refractivity (Wildman–Crippen MR) is 134 cm³/mol. The number of ether oxygens (including phenoxy) is 1. The third kappa shape index (κ3) is 4.38. The number of rotatable bonds is 5. The highest BCUT2D eigenvalue weighted by Crippen LogP contribution is 2.44. The van der Waals surface area contributed by atoms with Gasteiger partial charge in [-0.15, -0.1) is 0 Å². The summed E-state index contributed by atoms with van der Waals surface area (Å²) in [6.07, 6.45) is 8.31. The van der Waals surface area contributed by atoms with E-state index >= 15 is 0 Å². The molecule has 2 aromatic heterocycles. The lowest BCUT2D eigenvalue weighted by Crippen LogP contribution is -2.49. The van der Waals surface area contributed by atoms with Gasteiger partial charge in [-0.25, -0.2) is 4.98 Å². The minimum absolute atomic E-state index is 0.0262. The van der Waals surface area contributed by atoms with Gasteiger partial charge in [-0.1, -0.05) is 19.8 Å². The van der Waals surface area contributed by atoms with Crippen LogP contribution in [0, 0.1) is 18.8 Å². The molecule has 36 heavy (non-hydrogen) atoms. The Kier molecular flexibility index (Phi) is 6.55. The van der Waals surface area contributed by atoms with Gasteiger partial charge in [-0.2, -0.15) is 5.10 Å². The van der Waals surface area contributed by atoms with E-state index in [9.17, 15) is 14.4 Å². The zero-order chi connectivity index (χ0) is 25.4. The van der Waals surface area contributed by atoms with Crippen LogP contribution in [-0.2, 0) is 26.8 Å². The van der Waals surface area contributed by atoms with E-state index in [0.717, 1.165) is 36.8 Å². The fourth-order valence-electron chi connectivity index (χ4n) is 5.89. The first-order valence-corrected chi connectivity index (χ1v) is 12.8. The Bertz CT molecular complexity index is 1160. The molecule has 2 fully saturated rings. The summed E-state index contributed by atoms with van der Waals surface area (Å²) in [5, 5.41) is 13.0. The average Bonchev–Trinajstić information content (AvgIpc) is 3.33. The maximum atomic E-state index is 13.5. The number of anilines is 2. The van der Waals surface area contributed by atoms with Crippen LogP contribution in [0.25, 0.3) is 0 Å². The Morgan fingerprint density at radius 3 is 2.58 bits per heavy atom. The van der Waals surface area contributed by atoms with E-state index in [0.29, 0.717) is 49.2 Å². The summed E-state index contributed by atoms with van der Waals surface area (Å²) in [5.74, 6) is 0.322. The van der Waals surface area contributed by atoms with Gasteiger partial charge >= 0.3 is 0 Å². The molecule has 3 N–H and O–H groups in total. The van der Waals surface area contributed by atoms with Gasteiger partial charge in [0, 0.05) is 38.1 Å². The van der Waals surface area contributed by atoms with Crippen LogP contribution in [-0.4, -0.2) is 51.7 Å². The van der Waals surface area contributed by atoms with E-state index in [1.54, 1.807) is 25.5 Å². The Balaban J connectivity index is 1.36. The van der Waals surface area contributed by atoms with Crippen LogP contribution >= 0.6 is 0 Å². The number of carbonyl (C=O) groups excluding carboxylic acids is 3. The van der Waals surface area contributed by atoms with Crippen LogP contribution in [0.3, 0.4) is 0 Å². The maximum Gasteiger partial charge on any atom is 0.270 e. The Morgan fingerprint density at radius 1 is 1.19 bits per heavy atom. The quantitative estimate of drug-likeness (QED) is 0.587. The van der Waals surface area contributed by atoms with Crippen molar-refractivity contribution in [2.45, 2.75) is 63.8 Å². The van der Waals surface area contributed by atoms with Crippen molar-refractivity contribution < 1.29 is 19.1 Å². The number of hydrogen-bond donors (Lipinski definition) is 3. The van der Waals surface area contributed by atoms with Crippen molar-refractivity contribution in [3.8, 4) is 0 Å². The van der Waals surface area contributed by atoms with Crippen molar-refractivity contribution in [3.63, 3.8) is 0 Å². The Morgan fingerprint density at radius 2 is 1.92 bits per heavy atom. The van der Waals surface area contributed by atoms with Crippen molar-refractivity contribution in [3.05, 3.63) is 35.3 Å². The molecule has 1 saturated heterocycles. The van der Waals surface area contributed by atoms with Gasteiger partial charge in [-0.3, -0.25) is 19.1 Å². The zero-order valence-electron chi connectivity index (χ0n) is 21.1. The number of aryl methyl sites for hydroxylation is 2. The van der Waals surface area contributed by atoms with Gasteiger partial charge in [0.1, 0.15) is 17.6 Å². The standard InChI is InChI=1S/C26H34N6O4/c1-15-4-6-17(7-5-15)21(31-24(34)22-16(2)13-28-32(22)3)23(33)30-20-12-19-18(14-27-20)26(25(35)29-19)8-10-36-11-9-26/h12-15,17,21H,4-11H2,1-3H3,(H,29,35)(H,31,34)(H,27,30,33). The van der Waals surface area contributed by atoms with E-state index in [1.165, 1.54) is 4.68 Å².